The minimum absolute atomic E-state index is 0.168. The van der Waals surface area contributed by atoms with Crippen molar-refractivity contribution < 1.29 is 82.8 Å². The van der Waals surface area contributed by atoms with Gasteiger partial charge < -0.3 is 40.5 Å². The number of halogens is 10. The number of carbonyl (C=O) groups excluding carboxylic acids is 3. The van der Waals surface area contributed by atoms with E-state index in [1.165, 1.54) is 35.6 Å². The topological polar surface area (TPSA) is 216 Å². The van der Waals surface area contributed by atoms with Crippen LogP contribution < -0.4 is 26.3 Å². The predicted molar refractivity (Wildman–Crippen MR) is 265 cm³/mol. The monoisotopic (exact) mass is 1140 g/mol. The minimum atomic E-state index is -5.28. The number of anilines is 1. The van der Waals surface area contributed by atoms with Crippen molar-refractivity contribution in [2.24, 2.45) is 10.8 Å². The molecule has 3 aliphatic heterocycles. The number of benzene rings is 2. The fraction of sp³-hybridized carbons (Fsp3) is 0.500. The number of hydrogen-bond acceptors (Lipinski definition) is 12. The Balaban J connectivity index is 1.18. The van der Waals surface area contributed by atoms with Crippen molar-refractivity contribution in [3.63, 3.8) is 0 Å². The average Bonchev–Trinajstić information content (AvgIpc) is 4.11. The zero-order valence-electron chi connectivity index (χ0n) is 43.6. The van der Waals surface area contributed by atoms with Crippen LogP contribution in [-0.2, 0) is 38.6 Å². The fourth-order valence-electron chi connectivity index (χ4n) is 9.49. The first-order valence-corrected chi connectivity index (χ1v) is 24.9. The number of ether oxygens (including phenoxy) is 2. The largest absolute Gasteiger partial charge is 0.465 e. The number of aliphatic hydroxyl groups is 1. The molecule has 80 heavy (non-hydrogen) atoms. The van der Waals surface area contributed by atoms with E-state index in [-0.39, 0.29) is 16.8 Å². The number of rotatable bonds is 20. The summed E-state index contributed by atoms with van der Waals surface area (Å²) in [6.45, 7) is 2.21. The SMILES string of the molecule is COC(=O)NC(C(=O)NC(Cc1ccc(C#Cc2ccc(N3C[C@H]4C[C@@H]3CN4C3COC3)nc2)cc1)C(O)CN(Cc1c(F)cc(-c2ccn(CC(F)F)n2)cc1F)NC(=O)C(NC(=O)O)C(C)(C)C(F)(F)F)C(C)(C)C(F)(F)F. The van der Waals surface area contributed by atoms with E-state index in [0.29, 0.717) is 74.1 Å². The number of alkyl carbamates (subject to hydrolysis) is 1. The number of aliphatic hydroxyl groups excluding tert-OH is 1. The van der Waals surface area contributed by atoms with Gasteiger partial charge in [0.1, 0.15) is 36.1 Å². The third-order valence-electron chi connectivity index (χ3n) is 14.5. The quantitative estimate of drug-likeness (QED) is 0.0340. The zero-order valence-corrected chi connectivity index (χ0v) is 43.6. The van der Waals surface area contributed by atoms with Gasteiger partial charge in [-0.1, -0.05) is 24.0 Å². The summed E-state index contributed by atoms with van der Waals surface area (Å²) in [5.41, 5.74) is -4.35. The lowest BCUT2D eigenvalue weighted by Crippen LogP contribution is -2.63. The van der Waals surface area contributed by atoms with E-state index in [1.54, 1.807) is 6.20 Å². The van der Waals surface area contributed by atoms with Crippen molar-refractivity contribution in [2.75, 3.05) is 44.9 Å². The van der Waals surface area contributed by atoms with Crippen LogP contribution in [0.25, 0.3) is 11.3 Å². The lowest BCUT2D eigenvalue weighted by molar-refractivity contribution is -0.221. The number of likely N-dealkylation sites (tertiary alicyclic amines) is 1. The van der Waals surface area contributed by atoms with E-state index in [1.807, 2.05) is 22.9 Å². The van der Waals surface area contributed by atoms with Crippen LogP contribution in [0.5, 0.6) is 0 Å². The second-order valence-electron chi connectivity index (χ2n) is 20.8. The van der Waals surface area contributed by atoms with Gasteiger partial charge in [0.2, 0.25) is 5.91 Å². The molecule has 3 aliphatic rings. The van der Waals surface area contributed by atoms with Gasteiger partial charge in [-0.15, -0.1) is 0 Å². The maximum atomic E-state index is 16.1. The van der Waals surface area contributed by atoms with Crippen LogP contribution in [0.2, 0.25) is 0 Å². The number of alkyl halides is 8. The van der Waals surface area contributed by atoms with E-state index in [2.05, 4.69) is 41.8 Å². The number of methoxy groups -OCH3 is 1. The Bertz CT molecular complexity index is 2910. The van der Waals surface area contributed by atoms with Gasteiger partial charge >= 0.3 is 24.5 Å². The van der Waals surface area contributed by atoms with Crippen LogP contribution in [0.15, 0.2) is 67.0 Å². The lowest BCUT2D eigenvalue weighted by atomic mass is 9.82. The number of carboxylic acid groups (broad SMARTS) is 1. The third kappa shape index (κ3) is 14.0. The van der Waals surface area contributed by atoms with Gasteiger partial charge in [-0.05, 0) is 88.6 Å². The molecule has 5 heterocycles. The molecule has 3 saturated heterocycles. The van der Waals surface area contributed by atoms with E-state index in [9.17, 15) is 64.5 Å². The number of piperazine rings is 1. The van der Waals surface area contributed by atoms with Gasteiger partial charge in [0, 0.05) is 72.9 Å². The molecule has 0 saturated carbocycles. The summed E-state index contributed by atoms with van der Waals surface area (Å²) in [6.07, 6.45) is -15.7. The first-order chi connectivity index (χ1) is 37.4. The molecular formula is C52H58F10N10O8. The lowest BCUT2D eigenvalue weighted by Gasteiger charge is -2.42. The molecular weight excluding hydrogens is 1080 g/mol. The first kappa shape index (κ1) is 60.4. The number of amides is 4. The molecule has 4 amide bonds. The van der Waals surface area contributed by atoms with Gasteiger partial charge in [0.25, 0.3) is 12.3 Å². The van der Waals surface area contributed by atoms with Crippen LogP contribution in [0.4, 0.5) is 59.3 Å². The Morgan fingerprint density at radius 2 is 1.44 bits per heavy atom. The Hall–Kier alpha value is -7.22. The second kappa shape index (κ2) is 24.2. The molecule has 6 atom stereocenters. The number of aromatic nitrogens is 3. The van der Waals surface area contributed by atoms with Gasteiger partial charge in [0.15, 0.2) is 0 Å². The molecule has 434 valence electrons. The Morgan fingerprint density at radius 3 is 1.96 bits per heavy atom. The molecule has 4 unspecified atom stereocenters. The van der Waals surface area contributed by atoms with Gasteiger partial charge in [-0.3, -0.25) is 24.6 Å². The highest BCUT2D eigenvalue weighted by molar-refractivity contribution is 5.87. The molecule has 18 nitrogen and oxygen atoms in total. The standard InChI is InChI=1S/C52H58F10N10O8/c1-49(2,51(57,58)59)43(66-48(78)79-5)45(74)64-39(16-29-9-6-28(7-10-29)8-11-30-12-13-42(63-20-30)72-22-32-19-33(72)21-71(32)34-26-80-27-34)40(73)24-70(68-46(75)44(65-47(76)77)50(3,4)52(60,61)62)23-35-36(53)17-31(18-37(35)54)38-14-15-69(67-38)25-41(55)56/h6-7,9-10,12-15,17-18,20,32-34,39-41,43-44,65,73H,16,19,21-27H2,1-5H3,(H,64,74)(H,66,78)(H,68,75)(H,76,77)/t32-,33-,39?,40?,43?,44?/m1/s1. The number of nitrogens with one attached hydrogen (secondary N) is 4. The number of nitrogens with zero attached hydrogens (tertiary/aromatic N) is 6. The summed E-state index contributed by atoms with van der Waals surface area (Å²) >= 11 is 0. The second-order valence-corrected chi connectivity index (χ2v) is 20.8. The summed E-state index contributed by atoms with van der Waals surface area (Å²) in [5, 5.41) is 31.5. The molecule has 0 aliphatic carbocycles. The Labute approximate surface area is 452 Å². The van der Waals surface area contributed by atoms with Gasteiger partial charge in [-0.25, -0.2) is 37.1 Å². The molecule has 2 aromatic carbocycles. The zero-order chi connectivity index (χ0) is 58.6. The van der Waals surface area contributed by atoms with Crippen molar-refractivity contribution in [1.29, 1.82) is 0 Å². The van der Waals surface area contributed by atoms with Crippen molar-refractivity contribution in [3.8, 4) is 23.1 Å². The molecule has 7 rings (SSSR count). The fourth-order valence-corrected chi connectivity index (χ4v) is 9.49. The van der Waals surface area contributed by atoms with Crippen molar-refractivity contribution in [2.45, 2.75) is 115 Å². The highest BCUT2D eigenvalue weighted by Gasteiger charge is 2.57. The Morgan fingerprint density at radius 1 is 0.825 bits per heavy atom. The maximum Gasteiger partial charge on any atom is 0.407 e. The molecule has 2 aromatic heterocycles. The Kier molecular flexibility index (Phi) is 18.3. The highest BCUT2D eigenvalue weighted by atomic mass is 19.4. The first-order valence-electron chi connectivity index (χ1n) is 24.9. The summed E-state index contributed by atoms with van der Waals surface area (Å²) in [5.74, 6) is 0.712. The number of fused-ring (bicyclic) bond motifs is 2. The number of carbonyl (C=O) groups is 4. The summed E-state index contributed by atoms with van der Waals surface area (Å²) in [6, 6.07) is 6.59. The maximum absolute atomic E-state index is 16.1. The normalized spacial score (nSPS) is 18.4. The van der Waals surface area contributed by atoms with Crippen LogP contribution in [0, 0.1) is 34.3 Å². The van der Waals surface area contributed by atoms with E-state index >= 15 is 8.78 Å². The third-order valence-corrected chi connectivity index (χ3v) is 14.5. The summed E-state index contributed by atoms with van der Waals surface area (Å²) in [7, 11) is 0.814. The number of hydrazine groups is 1. The van der Waals surface area contributed by atoms with E-state index in [0.717, 1.165) is 56.5 Å². The molecule has 6 N–H and O–H groups in total. The summed E-state index contributed by atoms with van der Waals surface area (Å²) in [4.78, 5) is 61.5. The van der Waals surface area contributed by atoms with Crippen molar-refractivity contribution in [3.05, 3.63) is 101 Å². The molecule has 4 aromatic rings. The highest BCUT2D eigenvalue weighted by Crippen LogP contribution is 2.42. The molecule has 0 spiro atoms. The number of pyridine rings is 1. The predicted octanol–water partition coefficient (Wildman–Crippen LogP) is 6.01. The molecule has 2 bridgehead atoms. The minimum Gasteiger partial charge on any atom is -0.465 e. The van der Waals surface area contributed by atoms with Crippen LogP contribution in [0.3, 0.4) is 0 Å². The van der Waals surface area contributed by atoms with Gasteiger partial charge in [0.05, 0.1) is 55.0 Å². The smallest absolute Gasteiger partial charge is 0.407 e. The average molecular weight is 1140 g/mol. The van der Waals surface area contributed by atoms with Crippen LogP contribution in [0.1, 0.15) is 56.4 Å². The van der Waals surface area contributed by atoms with E-state index < -0.39 is 121 Å². The van der Waals surface area contributed by atoms with E-state index in [4.69, 9.17) is 4.74 Å². The molecule has 0 radical (unpaired) electrons. The molecule has 3 fully saturated rings. The van der Waals surface area contributed by atoms with Crippen LogP contribution in [-0.4, -0.2) is 160 Å². The molecule has 28 heteroatoms. The summed E-state index contributed by atoms with van der Waals surface area (Å²) < 4.78 is 156. The van der Waals surface area contributed by atoms with Gasteiger partial charge in [-0.2, -0.15) is 31.4 Å². The van der Waals surface area contributed by atoms with Crippen molar-refractivity contribution >= 4 is 29.8 Å². The van der Waals surface area contributed by atoms with Crippen molar-refractivity contribution in [1.82, 2.24) is 46.0 Å². The number of hydrogen-bond donors (Lipinski definition) is 6. The van der Waals surface area contributed by atoms with Crippen LogP contribution >= 0.6 is 0 Å².